The molecule has 122 valence electrons. The van der Waals surface area contributed by atoms with Crippen LogP contribution in [0.15, 0.2) is 33.3 Å². The fourth-order valence-corrected chi connectivity index (χ4v) is 3.01. The van der Waals surface area contributed by atoms with Crippen LogP contribution in [-0.4, -0.2) is 40.7 Å². The zero-order chi connectivity index (χ0) is 16.2. The van der Waals surface area contributed by atoms with Gasteiger partial charge in [0, 0.05) is 29.7 Å². The summed E-state index contributed by atoms with van der Waals surface area (Å²) in [7, 11) is 0. The molecule has 2 aromatic rings. The largest absolute Gasteiger partial charge is 0.339 e. The number of benzene rings is 1. The van der Waals surface area contributed by atoms with Gasteiger partial charge in [0.15, 0.2) is 0 Å². The zero-order valence-corrected chi connectivity index (χ0v) is 14.5. The van der Waals surface area contributed by atoms with Gasteiger partial charge in [-0.2, -0.15) is 4.98 Å². The molecule has 1 atom stereocenters. The van der Waals surface area contributed by atoms with Gasteiger partial charge in [-0.05, 0) is 44.0 Å². The Kier molecular flexibility index (Phi) is 4.95. The molecule has 1 unspecified atom stereocenters. The minimum atomic E-state index is -0.0233. The monoisotopic (exact) mass is 378 g/mol. The molecule has 3 rings (SSSR count). The van der Waals surface area contributed by atoms with E-state index in [0.29, 0.717) is 24.8 Å². The number of hydrogen-bond donors (Lipinski definition) is 1. The van der Waals surface area contributed by atoms with Crippen molar-refractivity contribution in [3.63, 3.8) is 0 Å². The Balaban J connectivity index is 1.72. The summed E-state index contributed by atoms with van der Waals surface area (Å²) in [6, 6.07) is 7.76. The first kappa shape index (κ1) is 16.0. The number of halogens is 1. The topological polar surface area (TPSA) is 71.3 Å². The van der Waals surface area contributed by atoms with E-state index < -0.39 is 0 Å². The normalized spacial score (nSPS) is 18.0. The van der Waals surface area contributed by atoms with E-state index in [9.17, 15) is 4.79 Å². The molecule has 6 nitrogen and oxygen atoms in total. The molecule has 0 saturated carbocycles. The van der Waals surface area contributed by atoms with Crippen molar-refractivity contribution < 1.29 is 9.32 Å². The van der Waals surface area contributed by atoms with Gasteiger partial charge in [0.1, 0.15) is 0 Å². The maximum absolute atomic E-state index is 12.0. The van der Waals surface area contributed by atoms with Crippen LogP contribution in [0, 0.1) is 0 Å². The maximum atomic E-state index is 12.0. The van der Waals surface area contributed by atoms with Gasteiger partial charge >= 0.3 is 6.03 Å². The van der Waals surface area contributed by atoms with Crippen LogP contribution >= 0.6 is 15.9 Å². The van der Waals surface area contributed by atoms with E-state index in [0.717, 1.165) is 29.4 Å². The third kappa shape index (κ3) is 3.72. The molecule has 1 N–H and O–H groups in total. The first-order valence-electron chi connectivity index (χ1n) is 7.79. The highest BCUT2D eigenvalue weighted by atomic mass is 79.9. The van der Waals surface area contributed by atoms with Crippen LogP contribution in [0.1, 0.15) is 31.6 Å². The summed E-state index contributed by atoms with van der Waals surface area (Å²) in [4.78, 5) is 18.3. The molecule has 23 heavy (non-hydrogen) atoms. The average Bonchev–Trinajstić information content (AvgIpc) is 3.06. The van der Waals surface area contributed by atoms with Crippen LogP contribution in [0.4, 0.5) is 4.79 Å². The Morgan fingerprint density at radius 1 is 1.43 bits per heavy atom. The van der Waals surface area contributed by atoms with Crippen molar-refractivity contribution in [2.45, 2.75) is 25.7 Å². The van der Waals surface area contributed by atoms with Gasteiger partial charge in [0.25, 0.3) is 0 Å². The van der Waals surface area contributed by atoms with Gasteiger partial charge in [-0.15, -0.1) is 0 Å². The maximum Gasteiger partial charge on any atom is 0.317 e. The third-order valence-corrected chi connectivity index (χ3v) is 4.46. The zero-order valence-electron chi connectivity index (χ0n) is 13.0. The van der Waals surface area contributed by atoms with E-state index in [4.69, 9.17) is 4.52 Å². The van der Waals surface area contributed by atoms with Crippen molar-refractivity contribution in [1.29, 1.82) is 0 Å². The number of likely N-dealkylation sites (tertiary alicyclic amines) is 1. The van der Waals surface area contributed by atoms with Crippen LogP contribution in [0.2, 0.25) is 0 Å². The third-order valence-electron chi connectivity index (χ3n) is 3.93. The summed E-state index contributed by atoms with van der Waals surface area (Å²) in [5, 5.41) is 6.92. The van der Waals surface area contributed by atoms with E-state index in [1.807, 2.05) is 36.1 Å². The number of nitrogens with zero attached hydrogens (tertiary/aromatic N) is 3. The second kappa shape index (κ2) is 7.12. The predicted molar refractivity (Wildman–Crippen MR) is 90.1 cm³/mol. The van der Waals surface area contributed by atoms with E-state index in [2.05, 4.69) is 31.4 Å². The molecule has 1 fully saturated rings. The minimum Gasteiger partial charge on any atom is -0.339 e. The summed E-state index contributed by atoms with van der Waals surface area (Å²) in [6.45, 7) is 3.94. The Labute approximate surface area is 143 Å². The Hall–Kier alpha value is -1.89. The van der Waals surface area contributed by atoms with Gasteiger partial charge in [-0.1, -0.05) is 21.1 Å². The number of nitrogens with one attached hydrogen (secondary N) is 1. The highest BCUT2D eigenvalue weighted by Gasteiger charge is 2.28. The lowest BCUT2D eigenvalue weighted by atomic mass is 9.98. The number of rotatable bonds is 3. The van der Waals surface area contributed by atoms with Crippen molar-refractivity contribution >= 4 is 22.0 Å². The minimum absolute atomic E-state index is 0.0233. The highest BCUT2D eigenvalue weighted by molar-refractivity contribution is 9.10. The van der Waals surface area contributed by atoms with Crippen molar-refractivity contribution in [2.24, 2.45) is 0 Å². The molecule has 2 heterocycles. The number of carbonyl (C=O) groups excluding carboxylic acids is 1. The van der Waals surface area contributed by atoms with Crippen molar-refractivity contribution in [3.05, 3.63) is 34.6 Å². The van der Waals surface area contributed by atoms with Gasteiger partial charge in [0.05, 0.1) is 5.92 Å². The van der Waals surface area contributed by atoms with Crippen LogP contribution in [-0.2, 0) is 0 Å². The number of aromatic nitrogens is 2. The summed E-state index contributed by atoms with van der Waals surface area (Å²) >= 11 is 3.41. The van der Waals surface area contributed by atoms with Crippen LogP contribution in [0.5, 0.6) is 0 Å². The Morgan fingerprint density at radius 2 is 2.22 bits per heavy atom. The number of hydrogen-bond acceptors (Lipinski definition) is 4. The summed E-state index contributed by atoms with van der Waals surface area (Å²) in [5.41, 5.74) is 0.916. The van der Waals surface area contributed by atoms with Gasteiger partial charge < -0.3 is 14.7 Å². The lowest BCUT2D eigenvalue weighted by Gasteiger charge is -2.30. The fraction of sp³-hybridized carbons (Fsp3) is 0.438. The molecule has 7 heteroatoms. The average molecular weight is 379 g/mol. The van der Waals surface area contributed by atoms with Crippen molar-refractivity contribution in [2.75, 3.05) is 19.6 Å². The van der Waals surface area contributed by atoms with Gasteiger partial charge in [-0.3, -0.25) is 0 Å². The molecular formula is C16H19BrN4O2. The fourth-order valence-electron chi connectivity index (χ4n) is 2.74. The van der Waals surface area contributed by atoms with Crippen LogP contribution in [0.3, 0.4) is 0 Å². The van der Waals surface area contributed by atoms with Crippen molar-refractivity contribution in [1.82, 2.24) is 20.4 Å². The van der Waals surface area contributed by atoms with Crippen molar-refractivity contribution in [3.8, 4) is 11.4 Å². The summed E-state index contributed by atoms with van der Waals surface area (Å²) in [6.07, 6.45) is 1.90. The molecule has 0 bridgehead atoms. The van der Waals surface area contributed by atoms with Gasteiger partial charge in [-0.25, -0.2) is 4.79 Å². The molecule has 0 spiro atoms. The number of amides is 2. The Bertz CT molecular complexity index is 671. The standard InChI is InChI=1S/C16H19BrN4O2/c1-2-18-16(22)21-9-3-4-12(10-21)15-19-14(20-23-15)11-5-7-13(17)8-6-11/h5-8,12H,2-4,9-10H2,1H3,(H,18,22). The van der Waals surface area contributed by atoms with E-state index in [1.165, 1.54) is 0 Å². The van der Waals surface area contributed by atoms with E-state index >= 15 is 0 Å². The van der Waals surface area contributed by atoms with Crippen LogP contribution < -0.4 is 5.32 Å². The van der Waals surface area contributed by atoms with Crippen LogP contribution in [0.25, 0.3) is 11.4 Å². The molecule has 1 aromatic heterocycles. The molecule has 0 radical (unpaired) electrons. The molecule has 0 aliphatic carbocycles. The number of piperidine rings is 1. The summed E-state index contributed by atoms with van der Waals surface area (Å²) < 4.78 is 6.45. The second-order valence-electron chi connectivity index (χ2n) is 5.58. The highest BCUT2D eigenvalue weighted by Crippen LogP contribution is 2.28. The molecule has 1 aliphatic rings. The lowest BCUT2D eigenvalue weighted by molar-refractivity contribution is 0.172. The summed E-state index contributed by atoms with van der Waals surface area (Å²) in [5.74, 6) is 1.29. The molecule has 1 aromatic carbocycles. The molecule has 2 amide bonds. The molecular weight excluding hydrogens is 360 g/mol. The second-order valence-corrected chi connectivity index (χ2v) is 6.50. The lowest BCUT2D eigenvalue weighted by Crippen LogP contribution is -2.44. The first-order valence-corrected chi connectivity index (χ1v) is 8.59. The molecule has 1 aliphatic heterocycles. The molecule has 1 saturated heterocycles. The first-order chi connectivity index (χ1) is 11.2. The number of carbonyl (C=O) groups is 1. The SMILES string of the molecule is CCNC(=O)N1CCCC(c2nc(-c3ccc(Br)cc3)no2)C1. The quantitative estimate of drug-likeness (QED) is 0.887. The van der Waals surface area contributed by atoms with E-state index in [1.54, 1.807) is 0 Å². The predicted octanol–water partition coefficient (Wildman–Crippen LogP) is 3.41. The van der Waals surface area contributed by atoms with Gasteiger partial charge in [0.2, 0.25) is 11.7 Å². The van der Waals surface area contributed by atoms with E-state index in [-0.39, 0.29) is 11.9 Å². The smallest absolute Gasteiger partial charge is 0.317 e. The Morgan fingerprint density at radius 3 is 2.96 bits per heavy atom. The number of urea groups is 1.